The predicted octanol–water partition coefficient (Wildman–Crippen LogP) is 3.44. The summed E-state index contributed by atoms with van der Waals surface area (Å²) in [5.41, 5.74) is 2.81. The molecule has 1 aromatic carbocycles. The topological polar surface area (TPSA) is 51.4 Å². The lowest BCUT2D eigenvalue weighted by molar-refractivity contribution is 0.00991. The second-order valence-electron chi connectivity index (χ2n) is 7.67. The Balaban J connectivity index is 1.27. The number of ether oxygens (including phenoxy) is 1. The molecule has 132 valence electrons. The first-order valence-corrected chi connectivity index (χ1v) is 9.62. The van der Waals surface area contributed by atoms with Gasteiger partial charge < -0.3 is 9.26 Å². The third-order valence-electron chi connectivity index (χ3n) is 5.77. The number of fused-ring (bicyclic) bond motifs is 1. The summed E-state index contributed by atoms with van der Waals surface area (Å²) >= 11 is 0. The standard InChI is InChI=1S/C20H25N3O2/c1-2-6-17-14(4-1)9-11-24-18(17)13-23-10-3-5-16(12-23)19-21-20(25-22-19)15-7-8-15/h1-2,4,6,15-16,18H,3,5,7-13H2/t16-,18+/m1/s1. The molecule has 5 rings (SSSR count). The molecular weight excluding hydrogens is 314 g/mol. The number of rotatable bonds is 4. The molecule has 2 atom stereocenters. The van der Waals surface area contributed by atoms with Gasteiger partial charge >= 0.3 is 0 Å². The van der Waals surface area contributed by atoms with Crippen LogP contribution in [0.15, 0.2) is 28.8 Å². The minimum atomic E-state index is 0.191. The maximum Gasteiger partial charge on any atom is 0.229 e. The van der Waals surface area contributed by atoms with Crippen LogP contribution in [0.5, 0.6) is 0 Å². The first-order valence-electron chi connectivity index (χ1n) is 9.62. The van der Waals surface area contributed by atoms with Crippen LogP contribution in [0.2, 0.25) is 0 Å². The minimum absolute atomic E-state index is 0.191. The Bertz CT molecular complexity index is 740. The summed E-state index contributed by atoms with van der Waals surface area (Å²) in [6.07, 6.45) is 5.97. The zero-order valence-electron chi connectivity index (χ0n) is 14.6. The van der Waals surface area contributed by atoms with E-state index >= 15 is 0 Å². The van der Waals surface area contributed by atoms with Gasteiger partial charge in [-0.15, -0.1) is 0 Å². The third-order valence-corrected chi connectivity index (χ3v) is 5.77. The molecule has 3 aliphatic rings. The van der Waals surface area contributed by atoms with Crippen molar-refractivity contribution in [2.24, 2.45) is 0 Å². The van der Waals surface area contributed by atoms with Crippen molar-refractivity contribution in [2.45, 2.75) is 50.0 Å². The van der Waals surface area contributed by atoms with Gasteiger partial charge in [0.1, 0.15) is 0 Å². The Labute approximate surface area is 148 Å². The average Bonchev–Trinajstić information content (AvgIpc) is 3.39. The van der Waals surface area contributed by atoms with Gasteiger partial charge in [0.15, 0.2) is 5.82 Å². The largest absolute Gasteiger partial charge is 0.372 e. The van der Waals surface area contributed by atoms with Crippen molar-refractivity contribution in [2.75, 3.05) is 26.2 Å². The van der Waals surface area contributed by atoms with Crippen molar-refractivity contribution in [1.29, 1.82) is 0 Å². The summed E-state index contributed by atoms with van der Waals surface area (Å²) in [5.74, 6) is 2.70. The molecule has 1 aromatic heterocycles. The molecule has 1 aliphatic carbocycles. The van der Waals surface area contributed by atoms with E-state index in [1.165, 1.54) is 30.4 Å². The van der Waals surface area contributed by atoms with Gasteiger partial charge in [-0.3, -0.25) is 4.90 Å². The quantitative estimate of drug-likeness (QED) is 0.854. The van der Waals surface area contributed by atoms with Crippen molar-refractivity contribution in [3.63, 3.8) is 0 Å². The lowest BCUT2D eigenvalue weighted by Crippen LogP contribution is -2.39. The summed E-state index contributed by atoms with van der Waals surface area (Å²) in [6, 6.07) is 8.72. The molecule has 5 heteroatoms. The lowest BCUT2D eigenvalue weighted by Gasteiger charge is -2.35. The first kappa shape index (κ1) is 15.5. The van der Waals surface area contributed by atoms with Crippen molar-refractivity contribution in [3.05, 3.63) is 47.1 Å². The third kappa shape index (κ3) is 3.23. The molecule has 2 aliphatic heterocycles. The van der Waals surface area contributed by atoms with Gasteiger partial charge in [0.05, 0.1) is 12.7 Å². The molecule has 5 nitrogen and oxygen atoms in total. The van der Waals surface area contributed by atoms with Crippen LogP contribution in [0.1, 0.15) is 66.5 Å². The molecule has 3 heterocycles. The summed E-state index contributed by atoms with van der Waals surface area (Å²) in [4.78, 5) is 7.20. The van der Waals surface area contributed by atoms with Gasteiger partial charge in [-0.2, -0.15) is 4.98 Å². The Morgan fingerprint density at radius 3 is 2.96 bits per heavy atom. The predicted molar refractivity (Wildman–Crippen MR) is 93.5 cm³/mol. The van der Waals surface area contributed by atoms with Gasteiger partial charge in [0.25, 0.3) is 0 Å². The van der Waals surface area contributed by atoms with Crippen LogP contribution in [0.3, 0.4) is 0 Å². The molecule has 0 amide bonds. The molecule has 0 radical (unpaired) electrons. The van der Waals surface area contributed by atoms with Gasteiger partial charge in [-0.25, -0.2) is 0 Å². The zero-order chi connectivity index (χ0) is 16.6. The number of nitrogens with zero attached hydrogens (tertiary/aromatic N) is 3. The van der Waals surface area contributed by atoms with E-state index in [1.54, 1.807) is 0 Å². The highest BCUT2D eigenvalue weighted by Gasteiger charge is 2.33. The van der Waals surface area contributed by atoms with Crippen molar-refractivity contribution in [3.8, 4) is 0 Å². The maximum atomic E-state index is 6.10. The minimum Gasteiger partial charge on any atom is -0.372 e. The fraction of sp³-hybridized carbons (Fsp3) is 0.600. The highest BCUT2D eigenvalue weighted by atomic mass is 16.5. The van der Waals surface area contributed by atoms with Gasteiger partial charge in [0.2, 0.25) is 5.89 Å². The van der Waals surface area contributed by atoms with E-state index in [2.05, 4.69) is 39.3 Å². The molecule has 0 bridgehead atoms. The maximum absolute atomic E-state index is 6.10. The van der Waals surface area contributed by atoms with Gasteiger partial charge in [-0.05, 0) is 49.8 Å². The Morgan fingerprint density at radius 2 is 2.04 bits per heavy atom. The van der Waals surface area contributed by atoms with E-state index in [0.29, 0.717) is 11.8 Å². The average molecular weight is 339 g/mol. The lowest BCUT2D eigenvalue weighted by atomic mass is 9.94. The van der Waals surface area contributed by atoms with Crippen LogP contribution in [-0.2, 0) is 11.2 Å². The van der Waals surface area contributed by atoms with Crippen molar-refractivity contribution >= 4 is 0 Å². The number of aromatic nitrogens is 2. The van der Waals surface area contributed by atoms with Gasteiger partial charge in [0, 0.05) is 24.9 Å². The smallest absolute Gasteiger partial charge is 0.229 e. The first-order chi connectivity index (χ1) is 12.4. The number of piperidine rings is 1. The second kappa shape index (κ2) is 6.54. The summed E-state index contributed by atoms with van der Waals surface area (Å²) in [5, 5.41) is 4.27. The number of hydrogen-bond donors (Lipinski definition) is 0. The fourth-order valence-corrected chi connectivity index (χ4v) is 4.20. The second-order valence-corrected chi connectivity index (χ2v) is 7.67. The van der Waals surface area contributed by atoms with E-state index in [1.807, 2.05) is 0 Å². The van der Waals surface area contributed by atoms with E-state index < -0.39 is 0 Å². The Morgan fingerprint density at radius 1 is 1.12 bits per heavy atom. The number of likely N-dealkylation sites (tertiary alicyclic amines) is 1. The van der Waals surface area contributed by atoms with Crippen LogP contribution in [0, 0.1) is 0 Å². The molecule has 2 fully saturated rings. The molecule has 0 N–H and O–H groups in total. The highest BCUT2D eigenvalue weighted by molar-refractivity contribution is 5.31. The van der Waals surface area contributed by atoms with Crippen molar-refractivity contribution < 1.29 is 9.26 Å². The van der Waals surface area contributed by atoms with Gasteiger partial charge in [-0.1, -0.05) is 29.4 Å². The fourth-order valence-electron chi connectivity index (χ4n) is 4.20. The van der Waals surface area contributed by atoms with Crippen LogP contribution < -0.4 is 0 Å². The monoisotopic (exact) mass is 339 g/mol. The SMILES string of the molecule is c1ccc2c(c1)CCO[C@H]2CN1CCC[C@@H](c2noc(C3CC3)n2)C1. The number of hydrogen-bond acceptors (Lipinski definition) is 5. The summed E-state index contributed by atoms with van der Waals surface area (Å²) in [6.45, 7) is 3.92. The van der Waals surface area contributed by atoms with E-state index in [-0.39, 0.29) is 6.10 Å². The molecule has 1 saturated carbocycles. The molecule has 0 spiro atoms. The van der Waals surface area contributed by atoms with E-state index in [9.17, 15) is 0 Å². The van der Waals surface area contributed by atoms with Crippen molar-refractivity contribution in [1.82, 2.24) is 15.0 Å². The Hall–Kier alpha value is -1.72. The molecular formula is C20H25N3O2. The molecule has 2 aromatic rings. The van der Waals surface area contributed by atoms with E-state index in [0.717, 1.165) is 50.8 Å². The van der Waals surface area contributed by atoms with Crippen LogP contribution >= 0.6 is 0 Å². The summed E-state index contributed by atoms with van der Waals surface area (Å²) < 4.78 is 11.6. The highest BCUT2D eigenvalue weighted by Crippen LogP contribution is 2.39. The molecule has 0 unspecified atom stereocenters. The zero-order valence-corrected chi connectivity index (χ0v) is 14.6. The van der Waals surface area contributed by atoms with Crippen LogP contribution in [0.25, 0.3) is 0 Å². The van der Waals surface area contributed by atoms with E-state index in [4.69, 9.17) is 9.26 Å². The summed E-state index contributed by atoms with van der Waals surface area (Å²) in [7, 11) is 0. The van der Waals surface area contributed by atoms with Crippen LogP contribution in [0.4, 0.5) is 0 Å². The number of benzene rings is 1. The molecule has 25 heavy (non-hydrogen) atoms. The molecule has 1 saturated heterocycles. The Kier molecular flexibility index (Phi) is 4.06. The normalized spacial score (nSPS) is 27.2. The van der Waals surface area contributed by atoms with Crippen LogP contribution in [-0.4, -0.2) is 41.3 Å².